The molecule has 1 aliphatic heterocycles. The smallest absolute Gasteiger partial charge is 0.335 e. The number of ether oxygens (including phenoxy) is 5. The summed E-state index contributed by atoms with van der Waals surface area (Å²) in [6.45, 7) is 5.64. The lowest BCUT2D eigenvalue weighted by Gasteiger charge is -2.40. The minimum atomic E-state index is -1.93. The molecule has 12 heteroatoms. The van der Waals surface area contributed by atoms with Gasteiger partial charge in [0.15, 0.2) is 24.6 Å². The van der Waals surface area contributed by atoms with Crippen molar-refractivity contribution in [1.29, 1.82) is 0 Å². The Bertz CT molecular complexity index is 1880. The van der Waals surface area contributed by atoms with E-state index in [4.69, 9.17) is 23.7 Å². The van der Waals surface area contributed by atoms with E-state index in [0.717, 1.165) is 109 Å². The number of carboxylic acids is 1. The molecule has 0 aromatic rings. The van der Waals surface area contributed by atoms with E-state index in [2.05, 4.69) is 142 Å². The molecule has 0 saturated carbocycles. The fourth-order valence-electron chi connectivity index (χ4n) is 8.14. The van der Waals surface area contributed by atoms with Crippen LogP contribution in [0.15, 0.2) is 134 Å². The molecule has 0 amide bonds. The first-order valence-electron chi connectivity index (χ1n) is 30.2. The van der Waals surface area contributed by atoms with Crippen LogP contribution in [0.1, 0.15) is 213 Å². The number of hydrogen-bond donors (Lipinski definition) is 3. The lowest BCUT2D eigenvalue weighted by molar-refractivity contribution is -0.301. The van der Waals surface area contributed by atoms with Crippen LogP contribution in [0.2, 0.25) is 0 Å². The molecule has 1 fully saturated rings. The second kappa shape index (κ2) is 53.5. The number of unbranched alkanes of at least 4 members (excludes halogenated alkanes) is 13. The van der Waals surface area contributed by atoms with E-state index in [1.165, 1.54) is 38.5 Å². The van der Waals surface area contributed by atoms with Crippen LogP contribution >= 0.6 is 0 Å². The van der Waals surface area contributed by atoms with Gasteiger partial charge in [-0.2, -0.15) is 0 Å². The molecule has 0 radical (unpaired) electrons. The van der Waals surface area contributed by atoms with E-state index in [0.29, 0.717) is 25.7 Å². The van der Waals surface area contributed by atoms with Gasteiger partial charge in [0.05, 0.1) is 6.61 Å². The maximum absolute atomic E-state index is 13.1. The molecular weight excluding hydrogens is 997 g/mol. The van der Waals surface area contributed by atoms with Crippen LogP contribution in [0.3, 0.4) is 0 Å². The summed E-state index contributed by atoms with van der Waals surface area (Å²) in [4.78, 5) is 51.1. The Kier molecular flexibility index (Phi) is 48.7. The number of aliphatic hydroxyl groups excluding tert-OH is 2. The summed E-state index contributed by atoms with van der Waals surface area (Å²) < 4.78 is 28.3. The molecule has 1 aliphatic rings. The lowest BCUT2D eigenvalue weighted by Crippen LogP contribution is -2.61. The zero-order chi connectivity index (χ0) is 57.5. The Hall–Kier alpha value is -5.14. The Morgan fingerprint density at radius 2 is 0.823 bits per heavy atom. The van der Waals surface area contributed by atoms with Gasteiger partial charge < -0.3 is 39.0 Å². The molecular formula is C67H104O12. The van der Waals surface area contributed by atoms with Gasteiger partial charge in [0.1, 0.15) is 18.8 Å². The molecule has 1 saturated heterocycles. The molecule has 0 aromatic heterocycles. The third kappa shape index (κ3) is 43.4. The first-order chi connectivity index (χ1) is 38.6. The van der Waals surface area contributed by atoms with E-state index >= 15 is 0 Å². The van der Waals surface area contributed by atoms with Crippen LogP contribution in [0, 0.1) is 0 Å². The number of carbonyl (C=O) groups is 4. The van der Waals surface area contributed by atoms with Gasteiger partial charge in [0, 0.05) is 19.3 Å². The predicted octanol–water partition coefficient (Wildman–Crippen LogP) is 15.8. The van der Waals surface area contributed by atoms with Crippen LogP contribution in [-0.2, 0) is 42.9 Å². The van der Waals surface area contributed by atoms with E-state index in [9.17, 15) is 34.5 Å². The number of carboxylic acid groups (broad SMARTS) is 1. The second-order valence-electron chi connectivity index (χ2n) is 19.9. The number of esters is 3. The van der Waals surface area contributed by atoms with Crippen molar-refractivity contribution in [1.82, 2.24) is 0 Å². The quantitative estimate of drug-likeness (QED) is 0.0228. The average Bonchev–Trinajstić information content (AvgIpc) is 3.46. The van der Waals surface area contributed by atoms with Crippen molar-refractivity contribution in [2.45, 2.75) is 250 Å². The van der Waals surface area contributed by atoms with Crippen LogP contribution in [0.5, 0.6) is 0 Å². The monoisotopic (exact) mass is 1100 g/mol. The number of hydrogen-bond acceptors (Lipinski definition) is 11. The van der Waals surface area contributed by atoms with Crippen molar-refractivity contribution in [3.8, 4) is 0 Å². The number of aliphatic hydroxyl groups is 2. The van der Waals surface area contributed by atoms with Crippen LogP contribution in [0.25, 0.3) is 0 Å². The summed E-state index contributed by atoms with van der Waals surface area (Å²) in [5, 5.41) is 31.5. The zero-order valence-corrected chi connectivity index (χ0v) is 48.8. The molecule has 12 nitrogen and oxygen atoms in total. The van der Waals surface area contributed by atoms with Gasteiger partial charge in [-0.1, -0.05) is 206 Å². The van der Waals surface area contributed by atoms with E-state index < -0.39 is 67.3 Å². The topological polar surface area (TPSA) is 175 Å². The van der Waals surface area contributed by atoms with Crippen molar-refractivity contribution in [2.24, 2.45) is 0 Å². The van der Waals surface area contributed by atoms with Gasteiger partial charge in [-0.05, 0) is 122 Å². The van der Waals surface area contributed by atoms with Gasteiger partial charge in [-0.15, -0.1) is 0 Å². The molecule has 6 unspecified atom stereocenters. The highest BCUT2D eigenvalue weighted by Gasteiger charge is 2.50. The number of aliphatic carboxylic acids is 1. The molecule has 79 heavy (non-hydrogen) atoms. The number of carbonyl (C=O) groups excluding carboxylic acids is 3. The van der Waals surface area contributed by atoms with E-state index in [-0.39, 0.29) is 25.9 Å². The lowest BCUT2D eigenvalue weighted by atomic mass is 9.98. The predicted molar refractivity (Wildman–Crippen MR) is 321 cm³/mol. The molecule has 1 rings (SSSR count). The van der Waals surface area contributed by atoms with Gasteiger partial charge in [-0.3, -0.25) is 14.4 Å². The van der Waals surface area contributed by atoms with Crippen LogP contribution < -0.4 is 0 Å². The maximum atomic E-state index is 13.1. The van der Waals surface area contributed by atoms with Crippen molar-refractivity contribution in [3.05, 3.63) is 134 Å². The van der Waals surface area contributed by atoms with Gasteiger partial charge in [0.25, 0.3) is 0 Å². The number of allylic oxidation sites excluding steroid dienone is 22. The highest BCUT2D eigenvalue weighted by atomic mass is 16.7. The molecule has 0 bridgehead atoms. The summed E-state index contributed by atoms with van der Waals surface area (Å²) >= 11 is 0. The minimum Gasteiger partial charge on any atom is -0.479 e. The largest absolute Gasteiger partial charge is 0.479 e. The molecule has 6 atom stereocenters. The zero-order valence-electron chi connectivity index (χ0n) is 48.8. The van der Waals surface area contributed by atoms with Crippen molar-refractivity contribution in [2.75, 3.05) is 13.2 Å². The fraction of sp³-hybridized carbons (Fsp3) is 0.612. The fourth-order valence-corrected chi connectivity index (χ4v) is 8.14. The van der Waals surface area contributed by atoms with Crippen molar-refractivity contribution < 1.29 is 58.2 Å². The summed E-state index contributed by atoms with van der Waals surface area (Å²) in [5.74, 6) is -3.32. The first-order valence-corrected chi connectivity index (χ1v) is 30.2. The Morgan fingerprint density at radius 1 is 0.430 bits per heavy atom. The normalized spacial score (nSPS) is 18.8. The van der Waals surface area contributed by atoms with Crippen LogP contribution in [-0.4, -0.2) is 89.2 Å². The minimum absolute atomic E-state index is 0.0313. The summed E-state index contributed by atoms with van der Waals surface area (Å²) in [5.41, 5.74) is 0. The summed E-state index contributed by atoms with van der Waals surface area (Å²) in [7, 11) is 0. The molecule has 3 N–H and O–H groups in total. The summed E-state index contributed by atoms with van der Waals surface area (Å²) in [6.07, 6.45) is 62.9. The Morgan fingerprint density at radius 3 is 1.30 bits per heavy atom. The standard InChI is InChI=1S/C67H104O12/c1-4-7-10-13-16-19-22-25-28-29-30-31-34-35-38-41-44-47-50-53-59(68)75-56-58(77-60(69)54-51-48-45-42-39-36-32-26-23-20-17-14-11-8-5-2)57-76-67-65(63(72)62(71)64(79-67)66(73)74)78-61(70)55-52-49-46-43-40-37-33-27-24-21-18-15-12-9-6-3/h7-8,10-11,16-17,19-20,25-28,30-33,35,38-39,42,44,47,58,62-65,67,71-72H,4-6,9,12-15,18,21-24,29,34,36-37,40-41,43,45-46,48-57H2,1-3H3,(H,73,74)/b10-7-,11-8-,19-16-,20-17-,28-25-,31-30-,32-26-,33-27-,38-35-,42-39-,47-44-. The van der Waals surface area contributed by atoms with Crippen molar-refractivity contribution >= 4 is 23.9 Å². The van der Waals surface area contributed by atoms with Gasteiger partial charge in [0.2, 0.25) is 0 Å². The Labute approximate surface area is 477 Å². The van der Waals surface area contributed by atoms with E-state index in [1.54, 1.807) is 0 Å². The third-order valence-electron chi connectivity index (χ3n) is 12.7. The maximum Gasteiger partial charge on any atom is 0.335 e. The van der Waals surface area contributed by atoms with Crippen molar-refractivity contribution in [3.63, 3.8) is 0 Å². The van der Waals surface area contributed by atoms with E-state index in [1.807, 2.05) is 12.2 Å². The molecule has 0 aromatic carbocycles. The number of rotatable bonds is 49. The van der Waals surface area contributed by atoms with Crippen LogP contribution in [0.4, 0.5) is 0 Å². The Balaban J connectivity index is 2.77. The SMILES string of the molecule is CC/C=C\C/C=C\C/C=C\C/C=C\C/C=C\C/C=C\CCC(=O)OCC(COC1OC(C(=O)O)C(O)C(O)C1OC(=O)CCCCCCC/C=C\CCCCCCCC)OC(=O)CCCC/C=C\C/C=C\C/C=C\C/C=C\CC. The third-order valence-corrected chi connectivity index (χ3v) is 12.7. The average molecular weight is 1100 g/mol. The van der Waals surface area contributed by atoms with Gasteiger partial charge in [-0.25, -0.2) is 4.79 Å². The highest BCUT2D eigenvalue weighted by Crippen LogP contribution is 2.26. The first kappa shape index (κ1) is 71.9. The highest BCUT2D eigenvalue weighted by molar-refractivity contribution is 5.74. The molecule has 1 heterocycles. The molecule has 0 aliphatic carbocycles. The second-order valence-corrected chi connectivity index (χ2v) is 19.9. The molecule has 0 spiro atoms. The molecule has 444 valence electrons. The summed E-state index contributed by atoms with van der Waals surface area (Å²) in [6, 6.07) is 0. The van der Waals surface area contributed by atoms with Gasteiger partial charge >= 0.3 is 23.9 Å².